The third-order valence-electron chi connectivity index (χ3n) is 3.18. The molecule has 2 aromatic carbocycles. The Morgan fingerprint density at radius 2 is 1.95 bits per heavy atom. The fourth-order valence-electron chi connectivity index (χ4n) is 2.12. The average Bonchev–Trinajstić information content (AvgIpc) is 2.52. The van der Waals surface area contributed by atoms with Crippen LogP contribution in [0.25, 0.3) is 10.8 Å². The first-order chi connectivity index (χ1) is 10.6. The molecule has 1 amide bonds. The van der Waals surface area contributed by atoms with Gasteiger partial charge in [0.1, 0.15) is 12.6 Å². The van der Waals surface area contributed by atoms with Crippen molar-refractivity contribution in [3.8, 4) is 0 Å². The maximum absolute atomic E-state index is 11.5. The van der Waals surface area contributed by atoms with E-state index < -0.39 is 18.1 Å². The van der Waals surface area contributed by atoms with Gasteiger partial charge in [-0.3, -0.25) is 0 Å². The SMILES string of the molecule is C=CCOC(=O)NC(Cc1ccc2ccccc2c1)C(=O)O. The molecular formula is C17H17NO4. The maximum Gasteiger partial charge on any atom is 0.408 e. The number of amides is 1. The maximum atomic E-state index is 11.5. The molecule has 114 valence electrons. The lowest BCUT2D eigenvalue weighted by Gasteiger charge is -2.14. The van der Waals surface area contributed by atoms with Crippen LogP contribution in [0.2, 0.25) is 0 Å². The predicted molar refractivity (Wildman–Crippen MR) is 83.8 cm³/mol. The Morgan fingerprint density at radius 3 is 2.64 bits per heavy atom. The summed E-state index contributed by atoms with van der Waals surface area (Å²) in [6, 6.07) is 12.5. The molecule has 5 nitrogen and oxygen atoms in total. The van der Waals surface area contributed by atoms with Crippen molar-refractivity contribution in [1.29, 1.82) is 0 Å². The number of alkyl carbamates (subject to hydrolysis) is 1. The minimum atomic E-state index is -1.11. The minimum Gasteiger partial charge on any atom is -0.480 e. The van der Waals surface area contributed by atoms with Gasteiger partial charge in [-0.2, -0.15) is 0 Å². The number of carboxylic acids is 1. The van der Waals surface area contributed by atoms with E-state index in [0.717, 1.165) is 16.3 Å². The summed E-state index contributed by atoms with van der Waals surface area (Å²) in [5, 5.41) is 13.7. The van der Waals surface area contributed by atoms with Crippen molar-refractivity contribution in [3.63, 3.8) is 0 Å². The Hall–Kier alpha value is -2.82. The molecular weight excluding hydrogens is 282 g/mol. The Bertz CT molecular complexity index is 696. The van der Waals surface area contributed by atoms with Crippen LogP contribution in [0.5, 0.6) is 0 Å². The van der Waals surface area contributed by atoms with E-state index >= 15 is 0 Å². The largest absolute Gasteiger partial charge is 0.480 e. The second-order valence-electron chi connectivity index (χ2n) is 4.81. The van der Waals surface area contributed by atoms with Crippen LogP contribution in [0.15, 0.2) is 55.1 Å². The predicted octanol–water partition coefficient (Wildman–Crippen LogP) is 2.75. The Labute approximate surface area is 128 Å². The van der Waals surface area contributed by atoms with Crippen LogP contribution >= 0.6 is 0 Å². The molecule has 0 aliphatic heterocycles. The zero-order valence-corrected chi connectivity index (χ0v) is 12.0. The zero-order valence-electron chi connectivity index (χ0n) is 12.0. The molecule has 0 fully saturated rings. The summed E-state index contributed by atoms with van der Waals surface area (Å²) in [5.74, 6) is -1.11. The molecule has 1 unspecified atom stereocenters. The number of hydrogen-bond acceptors (Lipinski definition) is 3. The van der Waals surface area contributed by atoms with E-state index in [9.17, 15) is 14.7 Å². The normalized spacial score (nSPS) is 11.6. The molecule has 0 saturated carbocycles. The molecule has 0 heterocycles. The molecule has 0 radical (unpaired) electrons. The van der Waals surface area contributed by atoms with Crippen molar-refractivity contribution in [3.05, 3.63) is 60.7 Å². The Morgan fingerprint density at radius 1 is 1.23 bits per heavy atom. The summed E-state index contributed by atoms with van der Waals surface area (Å²) in [7, 11) is 0. The monoisotopic (exact) mass is 299 g/mol. The second kappa shape index (κ2) is 7.26. The summed E-state index contributed by atoms with van der Waals surface area (Å²) >= 11 is 0. The number of aliphatic carboxylic acids is 1. The van der Waals surface area contributed by atoms with Gasteiger partial charge in [0.2, 0.25) is 0 Å². The summed E-state index contributed by atoms with van der Waals surface area (Å²) in [6.45, 7) is 3.46. The molecule has 0 aromatic heterocycles. The van der Waals surface area contributed by atoms with Gasteiger partial charge in [0, 0.05) is 6.42 Å². The van der Waals surface area contributed by atoms with Crippen LogP contribution in [0, 0.1) is 0 Å². The smallest absolute Gasteiger partial charge is 0.408 e. The van der Waals surface area contributed by atoms with Gasteiger partial charge >= 0.3 is 12.1 Å². The van der Waals surface area contributed by atoms with E-state index in [1.165, 1.54) is 6.08 Å². The van der Waals surface area contributed by atoms with E-state index in [1.807, 2.05) is 42.5 Å². The van der Waals surface area contributed by atoms with Crippen LogP contribution in [0.3, 0.4) is 0 Å². The van der Waals surface area contributed by atoms with Crippen molar-refractivity contribution >= 4 is 22.8 Å². The number of hydrogen-bond donors (Lipinski definition) is 2. The van der Waals surface area contributed by atoms with Crippen LogP contribution < -0.4 is 5.32 Å². The molecule has 5 heteroatoms. The number of nitrogens with one attached hydrogen (secondary N) is 1. The lowest BCUT2D eigenvalue weighted by Crippen LogP contribution is -2.42. The number of fused-ring (bicyclic) bond motifs is 1. The molecule has 1 atom stereocenters. The first-order valence-electron chi connectivity index (χ1n) is 6.85. The van der Waals surface area contributed by atoms with E-state index in [-0.39, 0.29) is 13.0 Å². The van der Waals surface area contributed by atoms with E-state index in [1.54, 1.807) is 0 Å². The van der Waals surface area contributed by atoms with Gasteiger partial charge in [-0.05, 0) is 16.3 Å². The molecule has 0 bridgehead atoms. The third kappa shape index (κ3) is 4.09. The topological polar surface area (TPSA) is 75.6 Å². The van der Waals surface area contributed by atoms with Crippen molar-refractivity contribution in [2.24, 2.45) is 0 Å². The standard InChI is InChI=1S/C17H17NO4/c1-2-9-22-17(21)18-15(16(19)20)11-12-7-8-13-5-3-4-6-14(13)10-12/h2-8,10,15H,1,9,11H2,(H,18,21)(H,19,20). The highest BCUT2D eigenvalue weighted by molar-refractivity contribution is 5.84. The Balaban J connectivity index is 2.10. The molecule has 22 heavy (non-hydrogen) atoms. The summed E-state index contributed by atoms with van der Waals surface area (Å²) in [6.07, 6.45) is 0.829. The third-order valence-corrected chi connectivity index (χ3v) is 3.18. The molecule has 2 aromatic rings. The van der Waals surface area contributed by atoms with Gasteiger partial charge in [0.15, 0.2) is 0 Å². The number of carbonyl (C=O) groups excluding carboxylic acids is 1. The highest BCUT2D eigenvalue weighted by Gasteiger charge is 2.21. The van der Waals surface area contributed by atoms with E-state index in [0.29, 0.717) is 0 Å². The van der Waals surface area contributed by atoms with Crippen molar-refractivity contribution < 1.29 is 19.4 Å². The van der Waals surface area contributed by atoms with Gasteiger partial charge in [0.25, 0.3) is 0 Å². The molecule has 2 rings (SSSR count). The van der Waals surface area contributed by atoms with Crippen molar-refractivity contribution in [2.75, 3.05) is 6.61 Å². The number of benzene rings is 2. The summed E-state index contributed by atoms with van der Waals surface area (Å²) < 4.78 is 4.75. The quantitative estimate of drug-likeness (QED) is 0.804. The van der Waals surface area contributed by atoms with Gasteiger partial charge in [0.05, 0.1) is 0 Å². The lowest BCUT2D eigenvalue weighted by atomic mass is 10.0. The zero-order chi connectivity index (χ0) is 15.9. The molecule has 2 N–H and O–H groups in total. The van der Waals surface area contributed by atoms with Crippen LogP contribution in [-0.4, -0.2) is 29.8 Å². The van der Waals surface area contributed by atoms with Crippen molar-refractivity contribution in [1.82, 2.24) is 5.32 Å². The van der Waals surface area contributed by atoms with Gasteiger partial charge in [-0.25, -0.2) is 9.59 Å². The minimum absolute atomic E-state index is 0.0359. The van der Waals surface area contributed by atoms with Gasteiger partial charge in [-0.1, -0.05) is 55.1 Å². The first-order valence-corrected chi connectivity index (χ1v) is 6.85. The molecule has 0 aliphatic carbocycles. The van der Waals surface area contributed by atoms with Crippen LogP contribution in [0.1, 0.15) is 5.56 Å². The van der Waals surface area contributed by atoms with Crippen molar-refractivity contribution in [2.45, 2.75) is 12.5 Å². The highest BCUT2D eigenvalue weighted by Crippen LogP contribution is 2.16. The average molecular weight is 299 g/mol. The van der Waals surface area contributed by atoms with E-state index in [4.69, 9.17) is 4.74 Å². The number of carboxylic acid groups (broad SMARTS) is 1. The number of ether oxygens (including phenoxy) is 1. The fourth-order valence-corrected chi connectivity index (χ4v) is 2.12. The summed E-state index contributed by atoms with van der Waals surface area (Å²) in [4.78, 5) is 22.8. The van der Waals surface area contributed by atoms with Crippen LogP contribution in [0.4, 0.5) is 4.79 Å². The Kier molecular flexibility index (Phi) is 5.14. The lowest BCUT2D eigenvalue weighted by molar-refractivity contribution is -0.139. The van der Waals surface area contributed by atoms with Gasteiger partial charge in [-0.15, -0.1) is 0 Å². The summed E-state index contributed by atoms with van der Waals surface area (Å²) in [5.41, 5.74) is 0.829. The van der Waals surface area contributed by atoms with Gasteiger partial charge < -0.3 is 15.2 Å². The molecule has 0 saturated heterocycles. The fraction of sp³-hybridized carbons (Fsp3) is 0.176. The number of rotatable bonds is 6. The molecule has 0 spiro atoms. The van der Waals surface area contributed by atoms with Crippen LogP contribution in [-0.2, 0) is 16.0 Å². The molecule has 0 aliphatic rings. The first kappa shape index (κ1) is 15.6. The second-order valence-corrected chi connectivity index (χ2v) is 4.81. The highest BCUT2D eigenvalue weighted by atomic mass is 16.5. The number of carbonyl (C=O) groups is 2. The van der Waals surface area contributed by atoms with E-state index in [2.05, 4.69) is 11.9 Å².